The normalized spacial score (nSPS) is 15.3. The van der Waals surface area contributed by atoms with Crippen LogP contribution >= 0.6 is 0 Å². The maximum atomic E-state index is 12.9. The van der Waals surface area contributed by atoms with E-state index in [2.05, 4.69) is 5.32 Å². The van der Waals surface area contributed by atoms with E-state index in [9.17, 15) is 9.59 Å². The molecule has 5 nitrogen and oxygen atoms in total. The Balaban J connectivity index is 2.13. The van der Waals surface area contributed by atoms with E-state index >= 15 is 0 Å². The van der Waals surface area contributed by atoms with Gasteiger partial charge in [-0.25, -0.2) is 4.79 Å². The molecular weight excluding hydrogens is 292 g/mol. The molecule has 0 saturated heterocycles. The molecular formula is C18H26N2O3. The second-order valence-electron chi connectivity index (χ2n) is 7.24. The van der Waals surface area contributed by atoms with Gasteiger partial charge in [0.1, 0.15) is 11.6 Å². The average Bonchev–Trinajstić information content (AvgIpc) is 2.85. The molecule has 1 atom stereocenters. The largest absolute Gasteiger partial charge is 0.444 e. The molecule has 1 heterocycles. The topological polar surface area (TPSA) is 58.6 Å². The van der Waals surface area contributed by atoms with Gasteiger partial charge >= 0.3 is 6.09 Å². The first-order chi connectivity index (χ1) is 10.7. The Morgan fingerprint density at radius 1 is 1.22 bits per heavy atom. The summed E-state index contributed by atoms with van der Waals surface area (Å²) in [5, 5.41) is 2.73. The van der Waals surface area contributed by atoms with Gasteiger partial charge in [0.25, 0.3) is 0 Å². The number of alkyl carbamates (subject to hydrolysis) is 1. The number of hydrogen-bond acceptors (Lipinski definition) is 3. The maximum absolute atomic E-state index is 12.9. The number of ether oxygens (including phenoxy) is 1. The van der Waals surface area contributed by atoms with Gasteiger partial charge in [0.15, 0.2) is 0 Å². The molecule has 1 aliphatic rings. The lowest BCUT2D eigenvalue weighted by molar-refractivity contribution is -0.121. The molecule has 126 valence electrons. The van der Waals surface area contributed by atoms with Gasteiger partial charge in [0.2, 0.25) is 5.91 Å². The van der Waals surface area contributed by atoms with Gasteiger partial charge in [0.05, 0.1) is 0 Å². The van der Waals surface area contributed by atoms with Gasteiger partial charge in [-0.2, -0.15) is 0 Å². The fraction of sp³-hybridized carbons (Fsp3) is 0.556. The van der Waals surface area contributed by atoms with Crippen molar-refractivity contribution in [1.82, 2.24) is 5.32 Å². The number of nitrogens with one attached hydrogen (secondary N) is 1. The molecule has 0 aromatic heterocycles. The summed E-state index contributed by atoms with van der Waals surface area (Å²) < 4.78 is 5.28. The summed E-state index contributed by atoms with van der Waals surface area (Å²) in [4.78, 5) is 26.7. The van der Waals surface area contributed by atoms with Crippen LogP contribution < -0.4 is 10.2 Å². The summed E-state index contributed by atoms with van der Waals surface area (Å²) >= 11 is 0. The number of nitrogens with zero attached hydrogens (tertiary/aromatic N) is 1. The lowest BCUT2D eigenvalue weighted by atomic mass is 10.0. The number of hydrogen-bond donors (Lipinski definition) is 1. The number of anilines is 1. The smallest absolute Gasteiger partial charge is 0.408 e. The Labute approximate surface area is 138 Å². The molecule has 1 aromatic carbocycles. The van der Waals surface area contributed by atoms with E-state index in [0.717, 1.165) is 12.1 Å². The van der Waals surface area contributed by atoms with Gasteiger partial charge in [-0.15, -0.1) is 0 Å². The van der Waals surface area contributed by atoms with Gasteiger partial charge < -0.3 is 15.0 Å². The molecule has 1 N–H and O–H groups in total. The van der Waals surface area contributed by atoms with Crippen LogP contribution in [0.2, 0.25) is 0 Å². The van der Waals surface area contributed by atoms with Crippen LogP contribution in [0.25, 0.3) is 0 Å². The summed E-state index contributed by atoms with van der Waals surface area (Å²) in [6.45, 7) is 9.89. The van der Waals surface area contributed by atoms with Crippen molar-refractivity contribution in [1.29, 1.82) is 0 Å². The summed E-state index contributed by atoms with van der Waals surface area (Å²) in [5.74, 6) is -0.112. The zero-order valence-corrected chi connectivity index (χ0v) is 14.6. The fourth-order valence-electron chi connectivity index (χ4n) is 2.68. The molecule has 0 spiro atoms. The highest BCUT2D eigenvalue weighted by Gasteiger charge is 2.33. The monoisotopic (exact) mass is 318 g/mol. The van der Waals surface area contributed by atoms with E-state index in [1.165, 1.54) is 5.56 Å². The van der Waals surface area contributed by atoms with Crippen LogP contribution in [-0.2, 0) is 16.0 Å². The molecule has 0 bridgehead atoms. The molecule has 0 unspecified atom stereocenters. The van der Waals surface area contributed by atoms with Crippen LogP contribution in [0.1, 0.15) is 40.2 Å². The van der Waals surface area contributed by atoms with Crippen molar-refractivity contribution < 1.29 is 14.3 Å². The molecule has 5 heteroatoms. The van der Waals surface area contributed by atoms with Crippen molar-refractivity contribution in [3.63, 3.8) is 0 Å². The number of amides is 2. The Hall–Kier alpha value is -2.04. The standard InChI is InChI=1S/C18H26N2O3/c1-12(2)15(19-17(22)23-18(3,4)5)16(21)20-11-10-13-8-6-7-9-14(13)20/h6-9,12,15H,10-11H2,1-5H3,(H,19,22)/t15-/m0/s1. The lowest BCUT2D eigenvalue weighted by Crippen LogP contribution is -2.52. The second kappa shape index (κ2) is 6.60. The van der Waals surface area contributed by atoms with Crippen LogP contribution in [0.4, 0.5) is 10.5 Å². The van der Waals surface area contributed by atoms with Gasteiger partial charge in [0, 0.05) is 12.2 Å². The number of carbonyl (C=O) groups excluding carboxylic acids is 2. The number of fused-ring (bicyclic) bond motifs is 1. The van der Waals surface area contributed by atoms with Crippen LogP contribution in [0.5, 0.6) is 0 Å². The van der Waals surface area contributed by atoms with E-state index in [4.69, 9.17) is 4.74 Å². The minimum Gasteiger partial charge on any atom is -0.444 e. The van der Waals surface area contributed by atoms with Crippen molar-refractivity contribution in [3.8, 4) is 0 Å². The lowest BCUT2D eigenvalue weighted by Gasteiger charge is -2.28. The zero-order valence-electron chi connectivity index (χ0n) is 14.6. The van der Waals surface area contributed by atoms with Crippen LogP contribution in [-0.4, -0.2) is 30.2 Å². The molecule has 2 rings (SSSR count). The molecule has 0 aliphatic carbocycles. The first-order valence-electron chi connectivity index (χ1n) is 8.08. The van der Waals surface area contributed by atoms with Gasteiger partial charge in [-0.05, 0) is 44.7 Å². The molecule has 23 heavy (non-hydrogen) atoms. The SMILES string of the molecule is CC(C)[C@H](NC(=O)OC(C)(C)C)C(=O)N1CCc2ccccc21. The van der Waals surface area contributed by atoms with E-state index in [-0.39, 0.29) is 11.8 Å². The Kier molecular flexibility index (Phi) is 4.97. The molecule has 1 aromatic rings. The van der Waals surface area contributed by atoms with Crippen molar-refractivity contribution in [2.45, 2.75) is 52.7 Å². The highest BCUT2D eigenvalue weighted by molar-refractivity contribution is 6.00. The molecule has 0 radical (unpaired) electrons. The highest BCUT2D eigenvalue weighted by atomic mass is 16.6. The third-order valence-electron chi connectivity index (χ3n) is 3.76. The van der Waals surface area contributed by atoms with Gasteiger partial charge in [-0.3, -0.25) is 4.79 Å². The number of para-hydroxylation sites is 1. The Morgan fingerprint density at radius 2 is 1.87 bits per heavy atom. The van der Waals surface area contributed by atoms with Crippen LogP contribution in [0, 0.1) is 5.92 Å². The molecule has 0 fully saturated rings. The first kappa shape index (κ1) is 17.3. The van der Waals surface area contributed by atoms with E-state index < -0.39 is 17.7 Å². The minimum absolute atomic E-state index is 0.0252. The van der Waals surface area contributed by atoms with Crippen molar-refractivity contribution >= 4 is 17.7 Å². The highest BCUT2D eigenvalue weighted by Crippen LogP contribution is 2.28. The summed E-state index contributed by atoms with van der Waals surface area (Å²) in [7, 11) is 0. The summed E-state index contributed by atoms with van der Waals surface area (Å²) in [6, 6.07) is 7.29. The zero-order chi connectivity index (χ0) is 17.2. The Morgan fingerprint density at radius 3 is 2.48 bits per heavy atom. The second-order valence-corrected chi connectivity index (χ2v) is 7.24. The average molecular weight is 318 g/mol. The fourth-order valence-corrected chi connectivity index (χ4v) is 2.68. The van der Waals surface area contributed by atoms with Crippen LogP contribution in [0.15, 0.2) is 24.3 Å². The molecule has 1 aliphatic heterocycles. The first-order valence-corrected chi connectivity index (χ1v) is 8.08. The molecule has 2 amide bonds. The third-order valence-corrected chi connectivity index (χ3v) is 3.76. The summed E-state index contributed by atoms with van der Waals surface area (Å²) in [5.41, 5.74) is 1.52. The van der Waals surface area contributed by atoms with Crippen LogP contribution in [0.3, 0.4) is 0 Å². The number of carbonyl (C=O) groups is 2. The van der Waals surface area contributed by atoms with Crippen molar-refractivity contribution in [2.24, 2.45) is 5.92 Å². The molecule has 0 saturated carbocycles. The van der Waals surface area contributed by atoms with Gasteiger partial charge in [-0.1, -0.05) is 32.0 Å². The quantitative estimate of drug-likeness (QED) is 0.931. The number of rotatable bonds is 3. The number of benzene rings is 1. The van der Waals surface area contributed by atoms with Crippen molar-refractivity contribution in [2.75, 3.05) is 11.4 Å². The Bertz CT molecular complexity index is 590. The predicted octanol–water partition coefficient (Wildman–Crippen LogP) is 3.13. The van der Waals surface area contributed by atoms with E-state index in [1.54, 1.807) is 25.7 Å². The van der Waals surface area contributed by atoms with Crippen molar-refractivity contribution in [3.05, 3.63) is 29.8 Å². The van der Waals surface area contributed by atoms with E-state index in [1.807, 2.05) is 38.1 Å². The minimum atomic E-state index is -0.601. The third kappa shape index (κ3) is 4.24. The predicted molar refractivity (Wildman–Crippen MR) is 90.5 cm³/mol. The summed E-state index contributed by atoms with van der Waals surface area (Å²) in [6.07, 6.45) is 0.288. The maximum Gasteiger partial charge on any atom is 0.408 e. The van der Waals surface area contributed by atoms with E-state index in [0.29, 0.717) is 6.54 Å².